The number of benzene rings is 2. The molecule has 0 aromatic heterocycles. The topological polar surface area (TPSA) is 140 Å². The Bertz CT molecular complexity index is 1140. The van der Waals surface area contributed by atoms with Gasteiger partial charge in [-0.15, -0.1) is 0 Å². The first-order chi connectivity index (χ1) is 18.9. The fraction of sp³-hybridized carbons (Fsp3) is 0.467. The molecule has 10 nitrogen and oxygen atoms in total. The van der Waals surface area contributed by atoms with E-state index in [2.05, 4.69) is 10.6 Å². The molecule has 0 bridgehead atoms. The third-order valence-corrected chi connectivity index (χ3v) is 6.04. The van der Waals surface area contributed by atoms with E-state index in [4.69, 9.17) is 15.2 Å². The molecule has 0 spiro atoms. The molecule has 0 saturated carbocycles. The van der Waals surface area contributed by atoms with Crippen molar-refractivity contribution in [1.29, 1.82) is 0 Å². The molecule has 0 saturated heterocycles. The van der Waals surface area contributed by atoms with Crippen molar-refractivity contribution in [2.75, 3.05) is 19.0 Å². The normalized spacial score (nSPS) is 12.6. The highest BCUT2D eigenvalue weighted by molar-refractivity contribution is 5.99. The first-order valence-electron chi connectivity index (χ1n) is 13.5. The van der Waals surface area contributed by atoms with Gasteiger partial charge in [0.15, 0.2) is 0 Å². The van der Waals surface area contributed by atoms with Crippen LogP contribution in [0.4, 0.5) is 10.5 Å². The fourth-order valence-electron chi connectivity index (χ4n) is 4.09. The molecule has 218 valence electrons. The minimum atomic E-state index is -1.14. The highest BCUT2D eigenvalue weighted by atomic mass is 16.6. The number of nitrogens with two attached hydrogens (primary N) is 1. The third kappa shape index (κ3) is 9.91. The number of primary amides is 1. The number of anilines is 1. The van der Waals surface area contributed by atoms with Crippen LogP contribution in [0.1, 0.15) is 71.0 Å². The lowest BCUT2D eigenvalue weighted by Gasteiger charge is -2.34. The maximum atomic E-state index is 14.0. The Kier molecular flexibility index (Phi) is 12.0. The van der Waals surface area contributed by atoms with Gasteiger partial charge in [-0.05, 0) is 75.4 Å². The monoisotopic (exact) mass is 554 g/mol. The van der Waals surface area contributed by atoms with E-state index in [-0.39, 0.29) is 19.4 Å². The molecule has 0 radical (unpaired) electrons. The number of alkyl carbamates (subject to hydrolysis) is 1. The molecule has 4 amide bonds. The molecule has 2 rings (SSSR count). The largest absolute Gasteiger partial charge is 0.497 e. The Balaban J connectivity index is 2.49. The number of carbonyl (C=O) groups excluding carboxylic acids is 4. The van der Waals surface area contributed by atoms with E-state index in [0.29, 0.717) is 23.4 Å². The van der Waals surface area contributed by atoms with Crippen molar-refractivity contribution in [1.82, 2.24) is 10.2 Å². The zero-order valence-electron chi connectivity index (χ0n) is 24.3. The Hall–Kier alpha value is -4.08. The number of ether oxygens (including phenoxy) is 2. The zero-order chi connectivity index (χ0) is 29.9. The number of hydrogen-bond donors (Lipinski definition) is 3. The Morgan fingerprint density at radius 1 is 0.975 bits per heavy atom. The highest BCUT2D eigenvalue weighted by Crippen LogP contribution is 2.26. The number of methoxy groups -OCH3 is 1. The van der Waals surface area contributed by atoms with E-state index in [9.17, 15) is 19.2 Å². The predicted octanol–water partition coefficient (Wildman–Crippen LogP) is 4.33. The molecular formula is C30H42N4O6. The maximum absolute atomic E-state index is 14.0. The Morgan fingerprint density at radius 2 is 1.60 bits per heavy atom. The van der Waals surface area contributed by atoms with Crippen LogP contribution in [0.15, 0.2) is 48.5 Å². The van der Waals surface area contributed by atoms with E-state index in [1.807, 2.05) is 38.1 Å². The summed E-state index contributed by atoms with van der Waals surface area (Å²) in [6.45, 7) is 9.25. The summed E-state index contributed by atoms with van der Waals surface area (Å²) in [6, 6.07) is 12.2. The van der Waals surface area contributed by atoms with Gasteiger partial charge in [-0.25, -0.2) is 4.79 Å². The van der Waals surface area contributed by atoms with Gasteiger partial charge in [-0.3, -0.25) is 14.4 Å². The summed E-state index contributed by atoms with van der Waals surface area (Å²) in [5.41, 5.74) is 6.78. The van der Waals surface area contributed by atoms with Crippen molar-refractivity contribution < 1.29 is 28.7 Å². The number of amides is 4. The summed E-state index contributed by atoms with van der Waals surface area (Å²) < 4.78 is 10.6. The second-order valence-electron chi connectivity index (χ2n) is 10.5. The third-order valence-electron chi connectivity index (χ3n) is 6.04. The van der Waals surface area contributed by atoms with Crippen molar-refractivity contribution in [2.24, 2.45) is 5.73 Å². The summed E-state index contributed by atoms with van der Waals surface area (Å²) in [5.74, 6) is -0.932. The summed E-state index contributed by atoms with van der Waals surface area (Å²) in [7, 11) is 1.55. The molecule has 0 aliphatic rings. The minimum absolute atomic E-state index is 0.0464. The number of nitrogens with zero attached hydrogens (tertiary/aromatic N) is 1. The summed E-state index contributed by atoms with van der Waals surface area (Å²) in [5, 5.41) is 5.49. The van der Waals surface area contributed by atoms with Gasteiger partial charge in [0, 0.05) is 18.7 Å². The maximum Gasteiger partial charge on any atom is 0.408 e. The molecule has 2 aromatic carbocycles. The van der Waals surface area contributed by atoms with E-state index in [1.165, 1.54) is 4.90 Å². The minimum Gasteiger partial charge on any atom is -0.497 e. The van der Waals surface area contributed by atoms with Crippen LogP contribution in [0.2, 0.25) is 0 Å². The lowest BCUT2D eigenvalue weighted by atomic mass is 9.99. The van der Waals surface area contributed by atoms with Crippen molar-refractivity contribution >= 4 is 29.5 Å². The molecule has 0 aliphatic heterocycles. The average molecular weight is 555 g/mol. The molecule has 0 fully saturated rings. The molecule has 2 aromatic rings. The van der Waals surface area contributed by atoms with Crippen LogP contribution >= 0.6 is 0 Å². The van der Waals surface area contributed by atoms with Crippen LogP contribution in [0, 0.1) is 0 Å². The number of nitrogens with one attached hydrogen (secondary N) is 2. The van der Waals surface area contributed by atoms with Crippen LogP contribution in [0.5, 0.6) is 5.75 Å². The first-order valence-corrected chi connectivity index (χ1v) is 13.5. The van der Waals surface area contributed by atoms with Gasteiger partial charge in [0.05, 0.1) is 7.11 Å². The van der Waals surface area contributed by atoms with Gasteiger partial charge in [0.25, 0.3) is 5.91 Å². The van der Waals surface area contributed by atoms with Gasteiger partial charge in [0.1, 0.15) is 23.4 Å². The lowest BCUT2D eigenvalue weighted by Crippen LogP contribution is -2.52. The summed E-state index contributed by atoms with van der Waals surface area (Å²) in [6.07, 6.45) is 0.364. The number of aryl methyl sites for hydroxylation is 1. The van der Waals surface area contributed by atoms with Crippen LogP contribution in [0.25, 0.3) is 0 Å². The highest BCUT2D eigenvalue weighted by Gasteiger charge is 2.36. The molecule has 4 N–H and O–H groups in total. The molecule has 2 unspecified atom stereocenters. The first kappa shape index (κ1) is 32.1. The van der Waals surface area contributed by atoms with Crippen molar-refractivity contribution in [3.63, 3.8) is 0 Å². The molecule has 0 aliphatic carbocycles. The van der Waals surface area contributed by atoms with Gasteiger partial charge >= 0.3 is 6.09 Å². The molecule has 2 atom stereocenters. The Morgan fingerprint density at radius 3 is 2.10 bits per heavy atom. The summed E-state index contributed by atoms with van der Waals surface area (Å²) in [4.78, 5) is 53.5. The molecular weight excluding hydrogens is 512 g/mol. The van der Waals surface area contributed by atoms with E-state index < -0.39 is 41.5 Å². The van der Waals surface area contributed by atoms with Crippen LogP contribution in [-0.4, -0.2) is 54.0 Å². The molecule has 10 heteroatoms. The number of carbonyl (C=O) groups is 4. The second kappa shape index (κ2) is 14.9. The van der Waals surface area contributed by atoms with Gasteiger partial charge in [-0.1, -0.05) is 38.1 Å². The standard InChI is InChI=1S/C30H42N4O6/c1-7-19-34(28(37)24(17-18-25(31)35)33-29(38)40-30(3,4)5)26(21-11-9-20(8-2)10-12-21)27(36)32-22-13-15-23(39-6)16-14-22/h9-16,24,26H,7-8,17-19H2,1-6H3,(H2,31,35)(H,32,36)(H,33,38). The number of rotatable bonds is 13. The van der Waals surface area contributed by atoms with Crippen molar-refractivity contribution in [2.45, 2.75) is 78.0 Å². The number of hydrogen-bond acceptors (Lipinski definition) is 6. The zero-order valence-corrected chi connectivity index (χ0v) is 24.3. The van der Waals surface area contributed by atoms with Crippen LogP contribution < -0.4 is 21.1 Å². The van der Waals surface area contributed by atoms with E-state index in [1.54, 1.807) is 52.1 Å². The predicted molar refractivity (Wildman–Crippen MR) is 154 cm³/mol. The summed E-state index contributed by atoms with van der Waals surface area (Å²) >= 11 is 0. The van der Waals surface area contributed by atoms with Crippen LogP contribution in [-0.2, 0) is 25.5 Å². The van der Waals surface area contributed by atoms with Gasteiger partial charge in [0.2, 0.25) is 11.8 Å². The van der Waals surface area contributed by atoms with Crippen LogP contribution in [0.3, 0.4) is 0 Å². The van der Waals surface area contributed by atoms with Crippen molar-refractivity contribution in [3.05, 3.63) is 59.7 Å². The fourth-order valence-corrected chi connectivity index (χ4v) is 4.09. The SMILES string of the molecule is CCCN(C(=O)C(CCC(N)=O)NC(=O)OC(C)(C)C)C(C(=O)Nc1ccc(OC)cc1)c1ccc(CC)cc1. The van der Waals surface area contributed by atoms with Gasteiger partial charge < -0.3 is 30.7 Å². The average Bonchev–Trinajstić information content (AvgIpc) is 2.90. The molecule has 40 heavy (non-hydrogen) atoms. The van der Waals surface area contributed by atoms with E-state index in [0.717, 1.165) is 12.0 Å². The van der Waals surface area contributed by atoms with E-state index >= 15 is 0 Å². The Labute approximate surface area is 236 Å². The lowest BCUT2D eigenvalue weighted by molar-refractivity contribution is -0.141. The van der Waals surface area contributed by atoms with Gasteiger partial charge in [-0.2, -0.15) is 0 Å². The quantitative estimate of drug-likeness (QED) is 0.337. The molecule has 0 heterocycles. The second-order valence-corrected chi connectivity index (χ2v) is 10.5. The smallest absolute Gasteiger partial charge is 0.408 e. The van der Waals surface area contributed by atoms with Crippen molar-refractivity contribution in [3.8, 4) is 5.75 Å².